The summed E-state index contributed by atoms with van der Waals surface area (Å²) in [6.45, 7) is 8.51. The third-order valence-corrected chi connectivity index (χ3v) is 3.67. The molecule has 0 aliphatic carbocycles. The SMILES string of the molecule is C=C(NC)C(c1ccccc1C)c1ccccc1C. The van der Waals surface area contributed by atoms with Crippen molar-refractivity contribution in [2.24, 2.45) is 0 Å². The Kier molecular flexibility index (Phi) is 4.06. The van der Waals surface area contributed by atoms with Crippen molar-refractivity contribution in [1.29, 1.82) is 0 Å². The average Bonchev–Trinajstić information content (AvgIpc) is 2.43. The van der Waals surface area contributed by atoms with Crippen molar-refractivity contribution < 1.29 is 0 Å². The van der Waals surface area contributed by atoms with E-state index in [9.17, 15) is 0 Å². The van der Waals surface area contributed by atoms with Crippen LogP contribution in [-0.4, -0.2) is 7.05 Å². The van der Waals surface area contributed by atoms with Gasteiger partial charge in [0.2, 0.25) is 0 Å². The molecule has 0 fully saturated rings. The highest BCUT2D eigenvalue weighted by atomic mass is 14.8. The Morgan fingerprint density at radius 3 is 1.68 bits per heavy atom. The number of aryl methyl sites for hydroxylation is 2. The molecule has 0 heterocycles. The number of hydrogen-bond donors (Lipinski definition) is 1. The number of allylic oxidation sites excluding steroid dienone is 1. The molecule has 0 unspecified atom stereocenters. The average molecular weight is 251 g/mol. The lowest BCUT2D eigenvalue weighted by Gasteiger charge is -2.24. The van der Waals surface area contributed by atoms with E-state index in [1.165, 1.54) is 22.3 Å². The van der Waals surface area contributed by atoms with Crippen molar-refractivity contribution in [3.05, 3.63) is 83.1 Å². The van der Waals surface area contributed by atoms with Crippen LogP contribution in [0.25, 0.3) is 0 Å². The third-order valence-electron chi connectivity index (χ3n) is 3.67. The first kappa shape index (κ1) is 13.4. The van der Waals surface area contributed by atoms with Crippen LogP contribution in [0.1, 0.15) is 28.2 Å². The van der Waals surface area contributed by atoms with E-state index in [0.717, 1.165) is 5.70 Å². The summed E-state index contributed by atoms with van der Waals surface area (Å²) in [5, 5.41) is 3.22. The Morgan fingerprint density at radius 1 is 0.895 bits per heavy atom. The van der Waals surface area contributed by atoms with Crippen LogP contribution in [0, 0.1) is 13.8 Å². The summed E-state index contributed by atoms with van der Waals surface area (Å²) in [6.07, 6.45) is 0. The van der Waals surface area contributed by atoms with Gasteiger partial charge in [-0.3, -0.25) is 0 Å². The lowest BCUT2D eigenvalue weighted by Crippen LogP contribution is -2.16. The molecule has 0 aliphatic heterocycles. The first-order valence-corrected chi connectivity index (χ1v) is 6.62. The number of rotatable bonds is 4. The fourth-order valence-electron chi connectivity index (χ4n) is 2.51. The van der Waals surface area contributed by atoms with Gasteiger partial charge in [-0.25, -0.2) is 0 Å². The molecular weight excluding hydrogens is 230 g/mol. The highest BCUT2D eigenvalue weighted by Crippen LogP contribution is 2.33. The molecule has 0 bridgehead atoms. The fraction of sp³-hybridized carbons (Fsp3) is 0.222. The molecule has 1 N–H and O–H groups in total. The summed E-state index contributed by atoms with van der Waals surface area (Å²) in [5.74, 6) is 0.201. The first-order valence-electron chi connectivity index (χ1n) is 6.62. The maximum Gasteiger partial charge on any atom is 0.0486 e. The van der Waals surface area contributed by atoms with Crippen molar-refractivity contribution in [3.8, 4) is 0 Å². The number of likely N-dealkylation sites (N-methyl/N-ethyl adjacent to an activating group) is 1. The molecule has 0 aromatic heterocycles. The maximum absolute atomic E-state index is 4.20. The summed E-state index contributed by atoms with van der Waals surface area (Å²) in [6, 6.07) is 17.0. The van der Waals surface area contributed by atoms with Crippen molar-refractivity contribution in [2.75, 3.05) is 7.05 Å². The van der Waals surface area contributed by atoms with E-state index in [2.05, 4.69) is 74.3 Å². The predicted octanol–water partition coefficient (Wildman–Crippen LogP) is 4.17. The fourth-order valence-corrected chi connectivity index (χ4v) is 2.51. The lowest BCUT2D eigenvalue weighted by atomic mass is 9.84. The summed E-state index contributed by atoms with van der Waals surface area (Å²) >= 11 is 0. The monoisotopic (exact) mass is 251 g/mol. The molecule has 0 radical (unpaired) electrons. The molecule has 2 aromatic carbocycles. The van der Waals surface area contributed by atoms with Crippen LogP contribution >= 0.6 is 0 Å². The zero-order valence-electron chi connectivity index (χ0n) is 11.9. The Labute approximate surface area is 116 Å². The van der Waals surface area contributed by atoms with Crippen molar-refractivity contribution >= 4 is 0 Å². The van der Waals surface area contributed by atoms with Gasteiger partial charge < -0.3 is 5.32 Å². The Morgan fingerprint density at radius 2 is 1.32 bits per heavy atom. The topological polar surface area (TPSA) is 12.0 Å². The molecule has 0 amide bonds. The molecule has 98 valence electrons. The summed E-state index contributed by atoms with van der Waals surface area (Å²) < 4.78 is 0. The van der Waals surface area contributed by atoms with Gasteiger partial charge in [0.15, 0.2) is 0 Å². The zero-order chi connectivity index (χ0) is 13.8. The van der Waals surface area contributed by atoms with Gasteiger partial charge >= 0.3 is 0 Å². The van der Waals surface area contributed by atoms with Gasteiger partial charge in [0.1, 0.15) is 0 Å². The maximum atomic E-state index is 4.20. The van der Waals surface area contributed by atoms with Gasteiger partial charge in [-0.1, -0.05) is 55.1 Å². The molecule has 2 rings (SSSR count). The van der Waals surface area contributed by atoms with E-state index in [1.54, 1.807) is 0 Å². The molecule has 0 saturated heterocycles. The molecule has 1 nitrogen and oxygen atoms in total. The van der Waals surface area contributed by atoms with Crippen LogP contribution in [0.15, 0.2) is 60.8 Å². The quantitative estimate of drug-likeness (QED) is 0.860. The normalized spacial score (nSPS) is 10.5. The van der Waals surface area contributed by atoms with E-state index in [4.69, 9.17) is 0 Å². The standard InChI is InChI=1S/C18H21N/c1-13-9-5-7-11-16(13)18(15(3)19-4)17-12-8-6-10-14(17)2/h5-12,18-19H,3H2,1-2,4H3. The third kappa shape index (κ3) is 2.70. The molecule has 1 heteroatoms. The van der Waals surface area contributed by atoms with Crippen LogP contribution < -0.4 is 5.32 Å². The smallest absolute Gasteiger partial charge is 0.0486 e. The second-order valence-electron chi connectivity index (χ2n) is 4.92. The molecule has 0 aliphatic rings. The van der Waals surface area contributed by atoms with E-state index >= 15 is 0 Å². The minimum Gasteiger partial charge on any atom is -0.391 e. The van der Waals surface area contributed by atoms with Gasteiger partial charge in [0.25, 0.3) is 0 Å². The van der Waals surface area contributed by atoms with Gasteiger partial charge in [0.05, 0.1) is 0 Å². The van der Waals surface area contributed by atoms with Gasteiger partial charge in [-0.15, -0.1) is 0 Å². The summed E-state index contributed by atoms with van der Waals surface area (Å²) in [5.41, 5.74) is 6.26. The van der Waals surface area contributed by atoms with E-state index in [0.29, 0.717) is 0 Å². The van der Waals surface area contributed by atoms with Crippen LogP contribution in [-0.2, 0) is 0 Å². The van der Waals surface area contributed by atoms with Crippen LogP contribution in [0.3, 0.4) is 0 Å². The van der Waals surface area contributed by atoms with Gasteiger partial charge in [-0.2, -0.15) is 0 Å². The van der Waals surface area contributed by atoms with Crippen LogP contribution in [0.4, 0.5) is 0 Å². The van der Waals surface area contributed by atoms with E-state index < -0.39 is 0 Å². The number of hydrogen-bond acceptors (Lipinski definition) is 1. The molecule has 0 atom stereocenters. The predicted molar refractivity (Wildman–Crippen MR) is 82.4 cm³/mol. The largest absolute Gasteiger partial charge is 0.391 e. The minimum absolute atomic E-state index is 0.201. The Hall–Kier alpha value is -2.02. The van der Waals surface area contributed by atoms with E-state index in [1.807, 2.05) is 7.05 Å². The molecule has 0 saturated carbocycles. The minimum atomic E-state index is 0.201. The molecule has 0 spiro atoms. The number of benzene rings is 2. The highest BCUT2D eigenvalue weighted by molar-refractivity contribution is 5.46. The second kappa shape index (κ2) is 5.75. The van der Waals surface area contributed by atoms with Crippen molar-refractivity contribution in [1.82, 2.24) is 5.32 Å². The van der Waals surface area contributed by atoms with Gasteiger partial charge in [0, 0.05) is 18.7 Å². The number of nitrogens with one attached hydrogen (secondary N) is 1. The Balaban J connectivity index is 2.58. The second-order valence-corrected chi connectivity index (χ2v) is 4.92. The highest BCUT2D eigenvalue weighted by Gasteiger charge is 2.19. The van der Waals surface area contributed by atoms with Crippen molar-refractivity contribution in [3.63, 3.8) is 0 Å². The summed E-state index contributed by atoms with van der Waals surface area (Å²) in [4.78, 5) is 0. The Bertz CT molecular complexity index is 538. The molecule has 2 aromatic rings. The molecular formula is C18H21N. The van der Waals surface area contributed by atoms with Gasteiger partial charge in [-0.05, 0) is 36.1 Å². The summed E-state index contributed by atoms with van der Waals surface area (Å²) in [7, 11) is 1.94. The first-order chi connectivity index (χ1) is 9.15. The zero-order valence-corrected chi connectivity index (χ0v) is 11.9. The van der Waals surface area contributed by atoms with E-state index in [-0.39, 0.29) is 5.92 Å². The molecule has 19 heavy (non-hydrogen) atoms. The lowest BCUT2D eigenvalue weighted by molar-refractivity contribution is 0.821. The van der Waals surface area contributed by atoms with Crippen molar-refractivity contribution in [2.45, 2.75) is 19.8 Å². The van der Waals surface area contributed by atoms with Crippen LogP contribution in [0.5, 0.6) is 0 Å². The van der Waals surface area contributed by atoms with Crippen LogP contribution in [0.2, 0.25) is 0 Å².